The maximum absolute atomic E-state index is 4.64. The van der Waals surface area contributed by atoms with Gasteiger partial charge in [-0.2, -0.15) is 0 Å². The minimum absolute atomic E-state index is 0.149. The summed E-state index contributed by atoms with van der Waals surface area (Å²) in [4.78, 5) is 9.26. The molecule has 5 rings (SSSR count). The zero-order chi connectivity index (χ0) is 18.6. The van der Waals surface area contributed by atoms with Gasteiger partial charge in [-0.1, -0.05) is 81.4 Å². The molecule has 5 aromatic rings. The normalized spacial score (nSPS) is 12.3. The van der Waals surface area contributed by atoms with Crippen molar-refractivity contribution in [2.75, 3.05) is 0 Å². The van der Waals surface area contributed by atoms with Crippen LogP contribution in [0, 0.1) is 0 Å². The Hall–Kier alpha value is -2.78. The van der Waals surface area contributed by atoms with Crippen molar-refractivity contribution in [3.8, 4) is 11.3 Å². The highest BCUT2D eigenvalue weighted by molar-refractivity contribution is 7.27. The van der Waals surface area contributed by atoms with Gasteiger partial charge in [0.2, 0.25) is 0 Å². The van der Waals surface area contributed by atoms with Gasteiger partial charge < -0.3 is 0 Å². The largest absolute Gasteiger partial charge is 0.235 e. The first-order chi connectivity index (χ1) is 13.0. The number of nitrogens with zero attached hydrogens (tertiary/aromatic N) is 2. The molecule has 0 fully saturated rings. The van der Waals surface area contributed by atoms with E-state index in [4.69, 9.17) is 0 Å². The van der Waals surface area contributed by atoms with Gasteiger partial charge in [-0.05, 0) is 21.8 Å². The lowest BCUT2D eigenvalue weighted by Crippen LogP contribution is -2.10. The number of hydrogen-bond acceptors (Lipinski definition) is 3. The van der Waals surface area contributed by atoms with E-state index in [9.17, 15) is 0 Å². The molecule has 3 heteroatoms. The Morgan fingerprint density at radius 1 is 0.741 bits per heavy atom. The van der Waals surface area contributed by atoms with Crippen LogP contribution in [0.15, 0.2) is 67.0 Å². The summed E-state index contributed by atoms with van der Waals surface area (Å²) in [6, 6.07) is 21.7. The number of hydrogen-bond donors (Lipinski definition) is 0. The van der Waals surface area contributed by atoms with E-state index in [1.165, 1.54) is 26.4 Å². The molecule has 0 spiro atoms. The fraction of sp³-hybridized carbons (Fsp3) is 0.167. The average Bonchev–Trinajstić information content (AvgIpc) is 3.07. The van der Waals surface area contributed by atoms with Crippen LogP contribution in [0.2, 0.25) is 0 Å². The van der Waals surface area contributed by atoms with Gasteiger partial charge in [0.15, 0.2) is 0 Å². The number of thiophene rings is 1. The number of benzene rings is 3. The van der Waals surface area contributed by atoms with E-state index in [-0.39, 0.29) is 5.41 Å². The van der Waals surface area contributed by atoms with Gasteiger partial charge in [0.1, 0.15) is 6.33 Å². The van der Waals surface area contributed by atoms with Crippen molar-refractivity contribution in [1.29, 1.82) is 0 Å². The van der Waals surface area contributed by atoms with Crippen molar-refractivity contribution in [2.45, 2.75) is 26.2 Å². The van der Waals surface area contributed by atoms with Crippen molar-refractivity contribution in [3.05, 3.63) is 72.6 Å². The van der Waals surface area contributed by atoms with Crippen LogP contribution in [-0.4, -0.2) is 9.97 Å². The third-order valence-electron chi connectivity index (χ3n) is 5.17. The minimum atomic E-state index is 0.149. The molecule has 0 atom stereocenters. The summed E-state index contributed by atoms with van der Waals surface area (Å²) in [6.07, 6.45) is 1.69. The van der Waals surface area contributed by atoms with Crippen LogP contribution in [0.4, 0.5) is 0 Å². The Kier molecular flexibility index (Phi) is 3.56. The van der Waals surface area contributed by atoms with E-state index in [0.29, 0.717) is 0 Å². The molecule has 132 valence electrons. The first-order valence-corrected chi connectivity index (χ1v) is 10.00. The van der Waals surface area contributed by atoms with E-state index in [0.717, 1.165) is 21.5 Å². The molecule has 3 aromatic carbocycles. The SMILES string of the molecule is CC(C)(C)c1ccc(-c2ncnc3c2sc2c4ccccc4ccc32)cc1. The first kappa shape index (κ1) is 16.4. The topological polar surface area (TPSA) is 25.8 Å². The lowest BCUT2D eigenvalue weighted by molar-refractivity contribution is 0.590. The molecule has 2 nitrogen and oxygen atoms in total. The van der Waals surface area contributed by atoms with Crippen molar-refractivity contribution < 1.29 is 0 Å². The quantitative estimate of drug-likeness (QED) is 0.319. The van der Waals surface area contributed by atoms with E-state index in [2.05, 4.69) is 91.4 Å². The van der Waals surface area contributed by atoms with Crippen molar-refractivity contribution in [3.63, 3.8) is 0 Å². The maximum atomic E-state index is 4.64. The van der Waals surface area contributed by atoms with Gasteiger partial charge in [0, 0.05) is 15.6 Å². The van der Waals surface area contributed by atoms with Gasteiger partial charge in [0.05, 0.1) is 15.9 Å². The zero-order valence-electron chi connectivity index (χ0n) is 15.7. The maximum Gasteiger partial charge on any atom is 0.116 e. The second-order valence-electron chi connectivity index (χ2n) is 7.99. The van der Waals surface area contributed by atoms with Gasteiger partial charge in [-0.25, -0.2) is 9.97 Å². The lowest BCUT2D eigenvalue weighted by atomic mass is 9.86. The fourth-order valence-electron chi connectivity index (χ4n) is 3.64. The van der Waals surface area contributed by atoms with Crippen molar-refractivity contribution in [1.82, 2.24) is 9.97 Å². The number of aromatic nitrogens is 2. The predicted octanol–water partition coefficient (Wildman–Crippen LogP) is 6.96. The molecule has 0 saturated carbocycles. The van der Waals surface area contributed by atoms with Crippen LogP contribution in [0.25, 0.3) is 42.3 Å². The fourth-order valence-corrected chi connectivity index (χ4v) is 4.94. The van der Waals surface area contributed by atoms with Crippen LogP contribution in [0.1, 0.15) is 26.3 Å². The number of rotatable bonds is 1. The monoisotopic (exact) mass is 368 g/mol. The van der Waals surface area contributed by atoms with Gasteiger partial charge in [-0.3, -0.25) is 0 Å². The second kappa shape index (κ2) is 5.86. The lowest BCUT2D eigenvalue weighted by Gasteiger charge is -2.19. The highest BCUT2D eigenvalue weighted by atomic mass is 32.1. The summed E-state index contributed by atoms with van der Waals surface area (Å²) in [6.45, 7) is 6.71. The van der Waals surface area contributed by atoms with E-state index < -0.39 is 0 Å². The smallest absolute Gasteiger partial charge is 0.116 e. The first-order valence-electron chi connectivity index (χ1n) is 9.18. The summed E-state index contributed by atoms with van der Waals surface area (Å²) in [7, 11) is 0. The molecule has 0 aliphatic heterocycles. The van der Waals surface area contributed by atoms with E-state index >= 15 is 0 Å². The molecule has 0 aliphatic rings. The zero-order valence-corrected chi connectivity index (χ0v) is 16.5. The number of fused-ring (bicyclic) bond motifs is 5. The highest BCUT2D eigenvalue weighted by Gasteiger charge is 2.16. The Morgan fingerprint density at radius 3 is 2.30 bits per heavy atom. The van der Waals surface area contributed by atoms with Crippen molar-refractivity contribution >= 4 is 42.4 Å². The summed E-state index contributed by atoms with van der Waals surface area (Å²) >= 11 is 1.80. The van der Waals surface area contributed by atoms with Crippen LogP contribution < -0.4 is 0 Å². The predicted molar refractivity (Wildman–Crippen MR) is 117 cm³/mol. The molecule has 0 unspecified atom stereocenters. The average molecular weight is 369 g/mol. The standard InChI is InChI=1S/C24H20N2S/c1-24(2,3)17-11-8-16(9-12-17)20-23-21(26-14-25-20)19-13-10-15-6-4-5-7-18(15)22(19)27-23/h4-14H,1-3H3. The van der Waals surface area contributed by atoms with Gasteiger partial charge >= 0.3 is 0 Å². The highest BCUT2D eigenvalue weighted by Crippen LogP contribution is 2.41. The molecule has 27 heavy (non-hydrogen) atoms. The molecular weight excluding hydrogens is 348 g/mol. The molecule has 0 radical (unpaired) electrons. The van der Waals surface area contributed by atoms with Crippen LogP contribution in [-0.2, 0) is 5.41 Å². The second-order valence-corrected chi connectivity index (χ2v) is 9.01. The van der Waals surface area contributed by atoms with E-state index in [1.54, 1.807) is 17.7 Å². The van der Waals surface area contributed by atoms with Crippen LogP contribution >= 0.6 is 11.3 Å². The molecule has 0 bridgehead atoms. The van der Waals surface area contributed by atoms with Gasteiger partial charge in [0.25, 0.3) is 0 Å². The molecule has 2 heterocycles. The Bertz CT molecular complexity index is 1290. The minimum Gasteiger partial charge on any atom is -0.235 e. The van der Waals surface area contributed by atoms with Crippen LogP contribution in [0.5, 0.6) is 0 Å². The molecule has 0 aliphatic carbocycles. The third kappa shape index (κ3) is 2.62. The Labute approximate surface area is 162 Å². The molecule has 0 saturated heterocycles. The van der Waals surface area contributed by atoms with Crippen molar-refractivity contribution in [2.24, 2.45) is 0 Å². The van der Waals surface area contributed by atoms with E-state index in [1.807, 2.05) is 0 Å². The van der Waals surface area contributed by atoms with Gasteiger partial charge in [-0.15, -0.1) is 11.3 Å². The summed E-state index contributed by atoms with van der Waals surface area (Å²) in [5.41, 5.74) is 4.69. The Morgan fingerprint density at radius 2 is 1.52 bits per heavy atom. The summed E-state index contributed by atoms with van der Waals surface area (Å²) < 4.78 is 2.45. The molecule has 2 aromatic heterocycles. The molecular formula is C24H20N2S. The van der Waals surface area contributed by atoms with Crippen LogP contribution in [0.3, 0.4) is 0 Å². The third-order valence-corrected chi connectivity index (χ3v) is 6.40. The molecule has 0 amide bonds. The summed E-state index contributed by atoms with van der Waals surface area (Å²) in [5, 5.41) is 3.76. The summed E-state index contributed by atoms with van der Waals surface area (Å²) in [5.74, 6) is 0. The molecule has 0 N–H and O–H groups in total. The Balaban J connectivity index is 1.77.